The molecule has 4 rings (SSSR count). The maximum absolute atomic E-state index is 10.0. The molecule has 0 spiro atoms. The van der Waals surface area contributed by atoms with Crippen LogP contribution >= 0.6 is 11.8 Å². The summed E-state index contributed by atoms with van der Waals surface area (Å²) in [4.78, 5) is 4.86. The molecule has 172 valence electrons. The molecule has 3 heteroatoms. The Morgan fingerprint density at radius 3 is 1.97 bits per heavy atom. The topological polar surface area (TPSA) is 36.7 Å². The van der Waals surface area contributed by atoms with Gasteiger partial charge in [-0.2, -0.15) is 5.26 Å². The number of hydrogen-bond donors (Lipinski definition) is 0. The second kappa shape index (κ2) is 11.5. The molecular formula is C32H28N2S. The summed E-state index contributed by atoms with van der Waals surface area (Å²) in [6, 6.07) is 29.6. The zero-order valence-corrected chi connectivity index (χ0v) is 21.1. The average Bonchev–Trinajstić information content (AvgIpc) is 2.86. The van der Waals surface area contributed by atoms with Crippen LogP contribution in [0.3, 0.4) is 0 Å². The van der Waals surface area contributed by atoms with Crippen molar-refractivity contribution < 1.29 is 0 Å². The molecule has 0 bridgehead atoms. The molecule has 0 fully saturated rings. The highest BCUT2D eigenvalue weighted by molar-refractivity contribution is 7.98. The van der Waals surface area contributed by atoms with Gasteiger partial charge in [-0.25, -0.2) is 4.98 Å². The van der Waals surface area contributed by atoms with Crippen molar-refractivity contribution in [2.45, 2.75) is 31.6 Å². The van der Waals surface area contributed by atoms with Crippen molar-refractivity contribution in [1.29, 1.82) is 5.26 Å². The Balaban J connectivity index is 1.69. The first-order valence-electron chi connectivity index (χ1n) is 11.6. The smallest absolute Gasteiger partial charge is 0.115 e. The van der Waals surface area contributed by atoms with Gasteiger partial charge in [-0.3, -0.25) is 0 Å². The van der Waals surface area contributed by atoms with Crippen molar-refractivity contribution in [3.8, 4) is 6.07 Å². The van der Waals surface area contributed by atoms with Crippen LogP contribution in [0.1, 0.15) is 50.2 Å². The van der Waals surface area contributed by atoms with E-state index >= 15 is 0 Å². The summed E-state index contributed by atoms with van der Waals surface area (Å²) >= 11 is 1.61. The highest BCUT2D eigenvalue weighted by Crippen LogP contribution is 2.29. The first-order valence-corrected chi connectivity index (χ1v) is 12.6. The van der Waals surface area contributed by atoms with Gasteiger partial charge in [0, 0.05) is 5.75 Å². The van der Waals surface area contributed by atoms with Crippen LogP contribution in [-0.4, -0.2) is 4.98 Å². The number of nitriles is 1. The molecule has 3 aromatic carbocycles. The minimum atomic E-state index is 0.610. The summed E-state index contributed by atoms with van der Waals surface area (Å²) in [5.74, 6) is 0.760. The lowest BCUT2D eigenvalue weighted by molar-refractivity contribution is 1.09. The van der Waals surface area contributed by atoms with E-state index in [2.05, 4.69) is 112 Å². The molecule has 4 aromatic rings. The fourth-order valence-electron chi connectivity index (χ4n) is 3.67. The zero-order chi connectivity index (χ0) is 24.6. The molecular weight excluding hydrogens is 444 g/mol. The fourth-order valence-corrected chi connectivity index (χ4v) is 4.63. The summed E-state index contributed by atoms with van der Waals surface area (Å²) in [5.41, 5.74) is 9.44. The monoisotopic (exact) mass is 472 g/mol. The Kier molecular flexibility index (Phi) is 7.98. The van der Waals surface area contributed by atoms with Crippen LogP contribution < -0.4 is 0 Å². The number of aryl methyl sites for hydroxylation is 3. The van der Waals surface area contributed by atoms with Crippen molar-refractivity contribution in [2.75, 3.05) is 0 Å². The van der Waals surface area contributed by atoms with E-state index in [4.69, 9.17) is 4.98 Å². The van der Waals surface area contributed by atoms with Gasteiger partial charge in [-0.1, -0.05) is 108 Å². The Labute approximate surface area is 212 Å². The number of thioether (sulfide) groups is 1. The highest BCUT2D eigenvalue weighted by Gasteiger charge is 2.12. The summed E-state index contributed by atoms with van der Waals surface area (Å²) in [5, 5.41) is 10.8. The molecule has 35 heavy (non-hydrogen) atoms. The highest BCUT2D eigenvalue weighted by atomic mass is 32.2. The number of aromatic nitrogens is 1. The van der Waals surface area contributed by atoms with Gasteiger partial charge in [0.25, 0.3) is 0 Å². The number of hydrogen-bond acceptors (Lipinski definition) is 3. The van der Waals surface area contributed by atoms with Crippen LogP contribution in [-0.2, 0) is 5.75 Å². The standard InChI is InChI=1S/C32H28N2S/c1-23-7-11-26(12-8-23)15-17-29-20-30(18-16-27-13-9-24(2)10-14-27)34-32(31(29)21-33)35-22-28-6-4-5-25(3)19-28/h4-20H,22H2,1-3H3/b17-15-,18-16+. The third-order valence-corrected chi connectivity index (χ3v) is 6.71. The van der Waals surface area contributed by atoms with Crippen LogP contribution in [0.25, 0.3) is 24.3 Å². The van der Waals surface area contributed by atoms with Gasteiger partial charge in [0.05, 0.1) is 11.3 Å². The van der Waals surface area contributed by atoms with E-state index in [1.165, 1.54) is 22.3 Å². The molecule has 0 atom stereocenters. The molecule has 0 aliphatic rings. The van der Waals surface area contributed by atoms with Gasteiger partial charge in [-0.05, 0) is 55.2 Å². The van der Waals surface area contributed by atoms with Gasteiger partial charge in [0.1, 0.15) is 11.1 Å². The number of nitrogens with zero attached hydrogens (tertiary/aromatic N) is 2. The quantitative estimate of drug-likeness (QED) is 0.253. The van der Waals surface area contributed by atoms with Crippen molar-refractivity contribution in [1.82, 2.24) is 4.98 Å². The molecule has 0 unspecified atom stereocenters. The van der Waals surface area contributed by atoms with Crippen molar-refractivity contribution in [3.63, 3.8) is 0 Å². The Morgan fingerprint density at radius 2 is 1.37 bits per heavy atom. The van der Waals surface area contributed by atoms with E-state index in [-0.39, 0.29) is 0 Å². The molecule has 1 heterocycles. The van der Waals surface area contributed by atoms with Gasteiger partial charge in [0.2, 0.25) is 0 Å². The molecule has 0 amide bonds. The lowest BCUT2D eigenvalue weighted by atomic mass is 10.1. The molecule has 0 aliphatic heterocycles. The maximum Gasteiger partial charge on any atom is 0.115 e. The van der Waals surface area contributed by atoms with E-state index in [0.717, 1.165) is 33.2 Å². The molecule has 0 saturated heterocycles. The van der Waals surface area contributed by atoms with Crippen molar-refractivity contribution in [2.24, 2.45) is 0 Å². The van der Waals surface area contributed by atoms with Gasteiger partial charge in [0.15, 0.2) is 0 Å². The van der Waals surface area contributed by atoms with Crippen LogP contribution in [0.15, 0.2) is 83.9 Å². The fraction of sp³-hybridized carbons (Fsp3) is 0.125. The third-order valence-electron chi connectivity index (χ3n) is 5.66. The summed E-state index contributed by atoms with van der Waals surface area (Å²) in [7, 11) is 0. The van der Waals surface area contributed by atoms with Crippen molar-refractivity contribution in [3.05, 3.63) is 129 Å². The van der Waals surface area contributed by atoms with Crippen LogP contribution in [0, 0.1) is 32.1 Å². The Bertz CT molecular complexity index is 1410. The van der Waals surface area contributed by atoms with E-state index in [9.17, 15) is 5.26 Å². The first kappa shape index (κ1) is 24.3. The average molecular weight is 473 g/mol. The Morgan fingerprint density at radius 1 is 0.743 bits per heavy atom. The summed E-state index contributed by atoms with van der Waals surface area (Å²) in [6.07, 6.45) is 8.16. The van der Waals surface area contributed by atoms with Crippen LogP contribution in [0.5, 0.6) is 0 Å². The van der Waals surface area contributed by atoms with Crippen LogP contribution in [0.2, 0.25) is 0 Å². The zero-order valence-electron chi connectivity index (χ0n) is 20.3. The molecule has 2 nitrogen and oxygen atoms in total. The van der Waals surface area contributed by atoms with Crippen molar-refractivity contribution >= 4 is 36.1 Å². The number of benzene rings is 3. The number of rotatable bonds is 7. The van der Waals surface area contributed by atoms with Gasteiger partial charge < -0.3 is 0 Å². The van der Waals surface area contributed by atoms with E-state index in [1.54, 1.807) is 11.8 Å². The third kappa shape index (κ3) is 6.82. The second-order valence-electron chi connectivity index (χ2n) is 8.69. The normalized spacial score (nSPS) is 11.3. The van der Waals surface area contributed by atoms with Crippen LogP contribution in [0.4, 0.5) is 0 Å². The van der Waals surface area contributed by atoms with Gasteiger partial charge in [-0.15, -0.1) is 11.8 Å². The Hall–Kier alpha value is -3.87. The predicted molar refractivity (Wildman–Crippen MR) is 150 cm³/mol. The van der Waals surface area contributed by atoms with E-state index in [1.807, 2.05) is 18.2 Å². The summed E-state index contributed by atoms with van der Waals surface area (Å²) in [6.45, 7) is 6.26. The van der Waals surface area contributed by atoms with Gasteiger partial charge >= 0.3 is 0 Å². The molecule has 0 N–H and O–H groups in total. The van der Waals surface area contributed by atoms with E-state index in [0.29, 0.717) is 5.56 Å². The lowest BCUT2D eigenvalue weighted by Crippen LogP contribution is -1.95. The number of pyridine rings is 1. The largest absolute Gasteiger partial charge is 0.241 e. The SMILES string of the molecule is Cc1ccc(/C=C\c2cc(/C=C/c3ccc(C)cc3)nc(SCc3cccc(C)c3)c2C#N)cc1. The minimum Gasteiger partial charge on any atom is -0.241 e. The predicted octanol–water partition coefficient (Wildman–Crippen LogP) is 8.51. The molecule has 0 radical (unpaired) electrons. The minimum absolute atomic E-state index is 0.610. The molecule has 1 aromatic heterocycles. The lowest BCUT2D eigenvalue weighted by Gasteiger charge is -2.09. The second-order valence-corrected chi connectivity index (χ2v) is 9.66. The summed E-state index contributed by atoms with van der Waals surface area (Å²) < 4.78 is 0. The first-order chi connectivity index (χ1) is 17.0. The molecule has 0 aliphatic carbocycles. The maximum atomic E-state index is 10.0. The van der Waals surface area contributed by atoms with E-state index < -0.39 is 0 Å². The molecule has 0 saturated carbocycles.